The van der Waals surface area contributed by atoms with Crippen LogP contribution < -0.4 is 24.4 Å². The molecule has 0 bridgehead atoms. The van der Waals surface area contributed by atoms with E-state index < -0.39 is 17.5 Å². The number of benzene rings is 2. The van der Waals surface area contributed by atoms with Gasteiger partial charge in [-0.25, -0.2) is 14.4 Å². The summed E-state index contributed by atoms with van der Waals surface area (Å²) in [5.41, 5.74) is 2.79. The standard InChI is InChI=1S/C31H37FN8O5/c1-18-24(15-34-39(18)17-31(2,3)41)38-9-10-45-27(16-38)28-36-29-21-12-22(32)26(44-6)13-23(21)35-30(40(29)37-28)33-14-19-7-8-20(42-4)11-25(19)43-5/h7-8,11-13,15,27,41H,9-10,14,16-17H2,1-6H3,(H,33,35). The van der Waals surface area contributed by atoms with Gasteiger partial charge in [-0.15, -0.1) is 5.10 Å². The van der Waals surface area contributed by atoms with E-state index in [1.807, 2.05) is 31.3 Å². The lowest BCUT2D eigenvalue weighted by atomic mass is 10.1. The molecule has 1 unspecified atom stereocenters. The summed E-state index contributed by atoms with van der Waals surface area (Å²) < 4.78 is 40.6. The second kappa shape index (κ2) is 12.0. The Morgan fingerprint density at radius 1 is 1.09 bits per heavy atom. The van der Waals surface area contributed by atoms with Gasteiger partial charge in [0.1, 0.15) is 17.6 Å². The molecule has 1 saturated heterocycles. The summed E-state index contributed by atoms with van der Waals surface area (Å²) in [5, 5.41) is 23.5. The predicted octanol–water partition coefficient (Wildman–Crippen LogP) is 3.91. The van der Waals surface area contributed by atoms with Crippen molar-refractivity contribution < 1.29 is 28.4 Å². The van der Waals surface area contributed by atoms with E-state index in [9.17, 15) is 9.50 Å². The molecule has 5 aromatic rings. The van der Waals surface area contributed by atoms with Crippen molar-refractivity contribution in [1.29, 1.82) is 0 Å². The molecule has 14 heteroatoms. The molecule has 0 radical (unpaired) electrons. The fraction of sp³-hybridized carbons (Fsp3) is 0.419. The number of morpholine rings is 1. The van der Waals surface area contributed by atoms with Crippen LogP contribution in [0.5, 0.6) is 17.2 Å². The van der Waals surface area contributed by atoms with Gasteiger partial charge in [0.2, 0.25) is 5.95 Å². The van der Waals surface area contributed by atoms with E-state index in [1.165, 1.54) is 13.2 Å². The predicted molar refractivity (Wildman–Crippen MR) is 166 cm³/mol. The smallest absolute Gasteiger partial charge is 0.226 e. The van der Waals surface area contributed by atoms with Crippen LogP contribution in [0, 0.1) is 12.7 Å². The van der Waals surface area contributed by atoms with E-state index in [2.05, 4.69) is 15.3 Å². The molecule has 0 spiro atoms. The van der Waals surface area contributed by atoms with E-state index in [0.29, 0.717) is 72.6 Å². The first-order valence-electron chi connectivity index (χ1n) is 14.6. The highest BCUT2D eigenvalue weighted by Gasteiger charge is 2.29. The molecule has 0 aliphatic carbocycles. The summed E-state index contributed by atoms with van der Waals surface area (Å²) in [7, 11) is 4.61. The molecule has 1 aliphatic rings. The Labute approximate surface area is 259 Å². The normalized spacial score (nSPS) is 15.6. The summed E-state index contributed by atoms with van der Waals surface area (Å²) in [5.74, 6) is 1.72. The lowest BCUT2D eigenvalue weighted by Crippen LogP contribution is -2.39. The topological polar surface area (TPSA) is 133 Å². The Morgan fingerprint density at radius 2 is 1.89 bits per heavy atom. The van der Waals surface area contributed by atoms with Crippen LogP contribution in [0.3, 0.4) is 0 Å². The molecule has 13 nitrogen and oxygen atoms in total. The zero-order chi connectivity index (χ0) is 31.9. The molecule has 2 aromatic carbocycles. The second-order valence-electron chi connectivity index (χ2n) is 11.6. The van der Waals surface area contributed by atoms with Crippen LogP contribution in [0.2, 0.25) is 0 Å². The third-order valence-corrected chi connectivity index (χ3v) is 7.80. The maximum absolute atomic E-state index is 14.9. The van der Waals surface area contributed by atoms with Crippen LogP contribution in [-0.4, -0.2) is 81.1 Å². The SMILES string of the molecule is COc1ccc(CNc2nc3cc(OC)c(F)cc3c3nc(C4CN(c5cnn(CC(C)(C)O)c5C)CCO4)nn23)c(OC)c1. The molecule has 4 heterocycles. The van der Waals surface area contributed by atoms with Crippen molar-refractivity contribution in [3.63, 3.8) is 0 Å². The van der Waals surface area contributed by atoms with Crippen molar-refractivity contribution in [2.45, 2.75) is 45.6 Å². The van der Waals surface area contributed by atoms with Gasteiger partial charge in [0, 0.05) is 36.2 Å². The summed E-state index contributed by atoms with van der Waals surface area (Å²) in [6.45, 7) is 7.81. The first kappa shape index (κ1) is 30.3. The molecule has 1 fully saturated rings. The molecule has 0 saturated carbocycles. The number of anilines is 2. The van der Waals surface area contributed by atoms with Crippen LogP contribution >= 0.6 is 0 Å². The third-order valence-electron chi connectivity index (χ3n) is 7.80. The van der Waals surface area contributed by atoms with E-state index in [0.717, 1.165) is 16.9 Å². The number of nitrogens with zero attached hydrogens (tertiary/aromatic N) is 7. The number of methoxy groups -OCH3 is 3. The number of nitrogens with one attached hydrogen (secondary N) is 1. The molecule has 6 rings (SSSR count). The summed E-state index contributed by atoms with van der Waals surface area (Å²) >= 11 is 0. The number of aromatic nitrogens is 6. The average Bonchev–Trinajstić information content (AvgIpc) is 3.63. The van der Waals surface area contributed by atoms with Gasteiger partial charge in [0.25, 0.3) is 0 Å². The van der Waals surface area contributed by atoms with E-state index >= 15 is 0 Å². The first-order valence-corrected chi connectivity index (χ1v) is 14.6. The van der Waals surface area contributed by atoms with Crippen LogP contribution in [0.4, 0.5) is 16.0 Å². The van der Waals surface area contributed by atoms with Crippen molar-refractivity contribution in [3.8, 4) is 17.2 Å². The van der Waals surface area contributed by atoms with Crippen LogP contribution in [0.1, 0.15) is 37.0 Å². The van der Waals surface area contributed by atoms with Gasteiger partial charge < -0.3 is 34.3 Å². The van der Waals surface area contributed by atoms with Crippen LogP contribution in [0.25, 0.3) is 16.6 Å². The molecule has 0 amide bonds. The fourth-order valence-electron chi connectivity index (χ4n) is 5.50. The Hall–Kier alpha value is -4.69. The summed E-state index contributed by atoms with van der Waals surface area (Å²) in [6, 6.07) is 8.48. The minimum atomic E-state index is -0.896. The summed E-state index contributed by atoms with van der Waals surface area (Å²) in [6.07, 6.45) is 1.34. The number of rotatable bonds is 10. The van der Waals surface area contributed by atoms with Crippen molar-refractivity contribution in [2.75, 3.05) is 51.2 Å². The fourth-order valence-corrected chi connectivity index (χ4v) is 5.50. The third kappa shape index (κ3) is 6.02. The Morgan fingerprint density at radius 3 is 2.62 bits per heavy atom. The number of hydrogen-bond donors (Lipinski definition) is 2. The van der Waals surface area contributed by atoms with Gasteiger partial charge in [-0.3, -0.25) is 4.68 Å². The maximum atomic E-state index is 14.9. The first-order chi connectivity index (χ1) is 21.6. The molecule has 238 valence electrons. The van der Waals surface area contributed by atoms with E-state index in [-0.39, 0.29) is 5.75 Å². The van der Waals surface area contributed by atoms with E-state index in [4.69, 9.17) is 34.0 Å². The summed E-state index contributed by atoms with van der Waals surface area (Å²) in [4.78, 5) is 11.8. The largest absolute Gasteiger partial charge is 0.497 e. The number of hydrogen-bond acceptors (Lipinski definition) is 11. The monoisotopic (exact) mass is 620 g/mol. The van der Waals surface area contributed by atoms with Crippen LogP contribution in [-0.2, 0) is 17.8 Å². The van der Waals surface area contributed by atoms with Gasteiger partial charge in [-0.2, -0.15) is 9.61 Å². The Bertz CT molecular complexity index is 1850. The molecular weight excluding hydrogens is 583 g/mol. The maximum Gasteiger partial charge on any atom is 0.226 e. The molecular formula is C31H37FN8O5. The highest BCUT2D eigenvalue weighted by Crippen LogP contribution is 2.32. The number of ether oxygens (including phenoxy) is 4. The van der Waals surface area contributed by atoms with Gasteiger partial charge in [0.05, 0.1) is 69.7 Å². The van der Waals surface area contributed by atoms with Crippen molar-refractivity contribution in [2.24, 2.45) is 0 Å². The Balaban J connectivity index is 1.36. The van der Waals surface area contributed by atoms with Crippen molar-refractivity contribution in [1.82, 2.24) is 29.4 Å². The molecule has 2 N–H and O–H groups in total. The second-order valence-corrected chi connectivity index (χ2v) is 11.6. The quantitative estimate of drug-likeness (QED) is 0.235. The van der Waals surface area contributed by atoms with Crippen LogP contribution in [0.15, 0.2) is 36.5 Å². The van der Waals surface area contributed by atoms with Crippen molar-refractivity contribution in [3.05, 3.63) is 59.4 Å². The van der Waals surface area contributed by atoms with Gasteiger partial charge in [0.15, 0.2) is 23.0 Å². The van der Waals surface area contributed by atoms with Gasteiger partial charge in [-0.05, 0) is 39.0 Å². The van der Waals surface area contributed by atoms with Gasteiger partial charge in [-0.1, -0.05) is 0 Å². The minimum absolute atomic E-state index is 0.0774. The average molecular weight is 621 g/mol. The molecule has 3 aromatic heterocycles. The highest BCUT2D eigenvalue weighted by molar-refractivity contribution is 5.93. The Kier molecular flexibility index (Phi) is 8.10. The molecule has 45 heavy (non-hydrogen) atoms. The lowest BCUT2D eigenvalue weighted by Gasteiger charge is -2.33. The molecule has 1 aliphatic heterocycles. The number of aliphatic hydroxyl groups is 1. The zero-order valence-electron chi connectivity index (χ0n) is 26.2. The van der Waals surface area contributed by atoms with Gasteiger partial charge >= 0.3 is 0 Å². The number of fused-ring (bicyclic) bond motifs is 3. The number of halogens is 1. The minimum Gasteiger partial charge on any atom is -0.497 e. The van der Waals surface area contributed by atoms with Crippen molar-refractivity contribution >= 4 is 28.2 Å². The van der Waals surface area contributed by atoms with E-state index in [1.54, 1.807) is 43.3 Å². The lowest BCUT2D eigenvalue weighted by molar-refractivity contribution is 0.0341. The molecule has 1 atom stereocenters. The highest BCUT2D eigenvalue weighted by atomic mass is 19.1. The zero-order valence-corrected chi connectivity index (χ0v) is 26.2.